The normalized spacial score (nSPS) is 26.7. The van der Waals surface area contributed by atoms with Crippen molar-refractivity contribution in [2.75, 3.05) is 13.2 Å². The van der Waals surface area contributed by atoms with Crippen LogP contribution in [0.4, 0.5) is 8.78 Å². The Morgan fingerprint density at radius 2 is 2.40 bits per heavy atom. The van der Waals surface area contributed by atoms with Crippen LogP contribution in [0.2, 0.25) is 0 Å². The van der Waals surface area contributed by atoms with E-state index in [2.05, 4.69) is 10.1 Å². The van der Waals surface area contributed by atoms with Crippen molar-refractivity contribution in [2.45, 2.75) is 12.5 Å². The molecule has 0 radical (unpaired) electrons. The van der Waals surface area contributed by atoms with Crippen LogP contribution >= 0.6 is 0 Å². The quantitative estimate of drug-likeness (QED) is 0.562. The third-order valence-corrected chi connectivity index (χ3v) is 1.21. The van der Waals surface area contributed by atoms with E-state index >= 15 is 0 Å². The van der Waals surface area contributed by atoms with Crippen molar-refractivity contribution in [2.24, 2.45) is 0 Å². The number of amides is 1. The molecule has 1 aliphatic rings. The van der Waals surface area contributed by atoms with Gasteiger partial charge in [0.1, 0.15) is 12.7 Å². The largest absolute Gasteiger partial charge is 0.361 e. The van der Waals surface area contributed by atoms with Crippen LogP contribution in [0, 0.1) is 0 Å². The lowest BCUT2D eigenvalue weighted by molar-refractivity contribution is -0.140. The molecule has 1 fully saturated rings. The fourth-order valence-corrected chi connectivity index (χ4v) is 0.669. The van der Waals surface area contributed by atoms with Gasteiger partial charge in [-0.15, -0.1) is 0 Å². The molecule has 3 nitrogen and oxygen atoms in total. The van der Waals surface area contributed by atoms with E-state index in [9.17, 15) is 13.6 Å². The first kappa shape index (κ1) is 7.40. The first-order valence-electron chi connectivity index (χ1n) is 2.86. The molecule has 1 N–H and O–H groups in total. The topological polar surface area (TPSA) is 38.3 Å². The van der Waals surface area contributed by atoms with Crippen molar-refractivity contribution in [3.63, 3.8) is 0 Å². The summed E-state index contributed by atoms with van der Waals surface area (Å²) in [5.41, 5.74) is 0. The Hall–Kier alpha value is -0.710. The summed E-state index contributed by atoms with van der Waals surface area (Å²) in [6.07, 6.45) is -3.64. The summed E-state index contributed by atoms with van der Waals surface area (Å²) in [5, 5.41) is 2.27. The minimum absolute atomic E-state index is 0.0868. The van der Waals surface area contributed by atoms with Crippen molar-refractivity contribution in [3.8, 4) is 0 Å². The molecule has 0 aromatic rings. The van der Waals surface area contributed by atoms with Gasteiger partial charge >= 0.3 is 0 Å². The summed E-state index contributed by atoms with van der Waals surface area (Å²) >= 11 is 0. The molecule has 1 amide bonds. The van der Waals surface area contributed by atoms with Crippen molar-refractivity contribution < 1.29 is 18.3 Å². The standard InChI is InChI=1S/C5H7F2NO2/c6-5(7)3-1-8-4(9)2-10-3/h3,5H,1-2H2,(H,8,9). The van der Waals surface area contributed by atoms with E-state index in [4.69, 9.17) is 0 Å². The number of morpholine rings is 1. The predicted molar refractivity (Wildman–Crippen MR) is 28.8 cm³/mol. The van der Waals surface area contributed by atoms with Crippen LogP contribution in [0.25, 0.3) is 0 Å². The molecule has 1 saturated heterocycles. The summed E-state index contributed by atoms with van der Waals surface area (Å²) in [5.74, 6) is -0.336. The van der Waals surface area contributed by atoms with Crippen LogP contribution in [0.15, 0.2) is 0 Å². The Morgan fingerprint density at radius 3 is 2.80 bits per heavy atom. The molecular weight excluding hydrogens is 144 g/mol. The minimum atomic E-state index is -2.51. The first-order chi connectivity index (χ1) is 4.70. The highest BCUT2D eigenvalue weighted by Crippen LogP contribution is 2.06. The summed E-state index contributed by atoms with van der Waals surface area (Å²) in [4.78, 5) is 10.4. The van der Waals surface area contributed by atoms with E-state index in [1.807, 2.05) is 0 Å². The molecule has 5 heteroatoms. The average molecular weight is 151 g/mol. The molecule has 1 rings (SSSR count). The van der Waals surface area contributed by atoms with Crippen LogP contribution in [-0.2, 0) is 9.53 Å². The van der Waals surface area contributed by atoms with Gasteiger partial charge in [0.05, 0.1) is 0 Å². The van der Waals surface area contributed by atoms with Gasteiger partial charge in [0.25, 0.3) is 6.43 Å². The fourth-order valence-electron chi connectivity index (χ4n) is 0.669. The second-order valence-electron chi connectivity index (χ2n) is 1.99. The van der Waals surface area contributed by atoms with Gasteiger partial charge in [-0.1, -0.05) is 0 Å². The molecule has 58 valence electrons. The Bertz CT molecular complexity index is 130. The number of rotatable bonds is 1. The average Bonchev–Trinajstić information content (AvgIpc) is 1.88. The van der Waals surface area contributed by atoms with Crippen molar-refractivity contribution in [1.29, 1.82) is 0 Å². The van der Waals surface area contributed by atoms with Crippen LogP contribution in [0.3, 0.4) is 0 Å². The van der Waals surface area contributed by atoms with Gasteiger partial charge in [0.2, 0.25) is 5.91 Å². The molecule has 0 aliphatic carbocycles. The van der Waals surface area contributed by atoms with Crippen LogP contribution in [0.1, 0.15) is 0 Å². The third kappa shape index (κ3) is 1.63. The van der Waals surface area contributed by atoms with Crippen LogP contribution in [0.5, 0.6) is 0 Å². The smallest absolute Gasteiger partial charge is 0.266 e. The molecule has 0 spiro atoms. The van der Waals surface area contributed by atoms with Gasteiger partial charge in [-0.2, -0.15) is 0 Å². The second-order valence-corrected chi connectivity index (χ2v) is 1.99. The first-order valence-corrected chi connectivity index (χ1v) is 2.86. The highest BCUT2D eigenvalue weighted by molar-refractivity contribution is 5.77. The molecule has 0 aromatic heterocycles. The van der Waals surface area contributed by atoms with E-state index in [0.29, 0.717) is 0 Å². The maximum atomic E-state index is 11.8. The SMILES string of the molecule is O=C1COC(C(F)F)CN1. The summed E-state index contributed by atoms with van der Waals surface area (Å²) in [6, 6.07) is 0. The molecular formula is C5H7F2NO2. The zero-order valence-corrected chi connectivity index (χ0v) is 5.14. The number of halogens is 2. The predicted octanol–water partition coefficient (Wildman–Crippen LogP) is -0.233. The van der Waals surface area contributed by atoms with Gasteiger partial charge in [-0.25, -0.2) is 8.78 Å². The Balaban J connectivity index is 2.33. The molecule has 0 aromatic carbocycles. The minimum Gasteiger partial charge on any atom is -0.361 e. The number of carbonyl (C=O) groups is 1. The van der Waals surface area contributed by atoms with E-state index in [1.165, 1.54) is 0 Å². The molecule has 1 unspecified atom stereocenters. The van der Waals surface area contributed by atoms with Gasteiger partial charge < -0.3 is 10.1 Å². The van der Waals surface area contributed by atoms with Crippen LogP contribution < -0.4 is 5.32 Å². The lowest BCUT2D eigenvalue weighted by Gasteiger charge is -2.21. The highest BCUT2D eigenvalue weighted by Gasteiger charge is 2.26. The second kappa shape index (κ2) is 2.92. The number of ether oxygens (including phenoxy) is 1. The molecule has 1 atom stereocenters. The van der Waals surface area contributed by atoms with Gasteiger partial charge in [0, 0.05) is 6.54 Å². The highest BCUT2D eigenvalue weighted by atomic mass is 19.3. The maximum Gasteiger partial charge on any atom is 0.266 e. The summed E-state index contributed by atoms with van der Waals surface area (Å²) < 4.78 is 28.0. The monoisotopic (exact) mass is 151 g/mol. The third-order valence-electron chi connectivity index (χ3n) is 1.21. The van der Waals surface area contributed by atoms with E-state index in [-0.39, 0.29) is 19.1 Å². The number of nitrogens with one attached hydrogen (secondary N) is 1. The lowest BCUT2D eigenvalue weighted by Crippen LogP contribution is -2.46. The zero-order valence-electron chi connectivity index (χ0n) is 5.14. The van der Waals surface area contributed by atoms with Gasteiger partial charge in [0.15, 0.2) is 0 Å². The number of alkyl halides is 2. The summed E-state index contributed by atoms with van der Waals surface area (Å²) in [6.45, 7) is -0.342. The van der Waals surface area contributed by atoms with Gasteiger partial charge in [-0.3, -0.25) is 4.79 Å². The van der Waals surface area contributed by atoms with Crippen molar-refractivity contribution in [1.82, 2.24) is 5.32 Å². The van der Waals surface area contributed by atoms with Crippen molar-refractivity contribution in [3.05, 3.63) is 0 Å². The van der Waals surface area contributed by atoms with E-state index < -0.39 is 12.5 Å². The Morgan fingerprint density at radius 1 is 1.70 bits per heavy atom. The number of carbonyl (C=O) groups excluding carboxylic acids is 1. The molecule has 1 heterocycles. The fraction of sp³-hybridized carbons (Fsp3) is 0.800. The van der Waals surface area contributed by atoms with Gasteiger partial charge in [-0.05, 0) is 0 Å². The molecule has 10 heavy (non-hydrogen) atoms. The zero-order chi connectivity index (χ0) is 7.56. The summed E-state index contributed by atoms with van der Waals surface area (Å²) in [7, 11) is 0. The molecule has 0 bridgehead atoms. The number of hydrogen-bond donors (Lipinski definition) is 1. The Kier molecular flexibility index (Phi) is 2.16. The van der Waals surface area contributed by atoms with Crippen LogP contribution in [-0.4, -0.2) is 31.6 Å². The maximum absolute atomic E-state index is 11.8. The Labute approximate surface area is 56.3 Å². The lowest BCUT2D eigenvalue weighted by atomic mass is 10.3. The van der Waals surface area contributed by atoms with Crippen molar-refractivity contribution >= 4 is 5.91 Å². The van der Waals surface area contributed by atoms with E-state index in [0.717, 1.165) is 0 Å². The molecule has 1 aliphatic heterocycles. The number of hydrogen-bond acceptors (Lipinski definition) is 2. The molecule has 0 saturated carbocycles. The van der Waals surface area contributed by atoms with E-state index in [1.54, 1.807) is 0 Å².